The van der Waals surface area contributed by atoms with Gasteiger partial charge in [0.05, 0.1) is 19.3 Å². The summed E-state index contributed by atoms with van der Waals surface area (Å²) in [6, 6.07) is 14.5. The van der Waals surface area contributed by atoms with Gasteiger partial charge in [-0.25, -0.2) is 14.3 Å². The first kappa shape index (κ1) is 19.6. The summed E-state index contributed by atoms with van der Waals surface area (Å²) in [5.41, 5.74) is 4.38. The molecule has 3 N–H and O–H groups in total. The predicted octanol–water partition coefficient (Wildman–Crippen LogP) is 1.93. The summed E-state index contributed by atoms with van der Waals surface area (Å²) in [6.45, 7) is 0.0774. The van der Waals surface area contributed by atoms with Gasteiger partial charge in [-0.1, -0.05) is 53.7 Å². The second-order valence-electron chi connectivity index (χ2n) is 6.87. The molecular weight excluding hydrogens is 388 g/mol. The topological polar surface area (TPSA) is 127 Å². The molecule has 0 spiro atoms. The van der Waals surface area contributed by atoms with E-state index in [1.807, 2.05) is 48.5 Å². The van der Waals surface area contributed by atoms with Gasteiger partial charge in [0.25, 0.3) is 0 Å². The summed E-state index contributed by atoms with van der Waals surface area (Å²) in [6.07, 6.45) is 0.500. The van der Waals surface area contributed by atoms with Crippen molar-refractivity contribution in [2.75, 3.05) is 13.2 Å². The van der Waals surface area contributed by atoms with E-state index in [9.17, 15) is 14.7 Å². The third kappa shape index (κ3) is 3.74. The smallest absolute Gasteiger partial charge is 0.408 e. The third-order valence-electron chi connectivity index (χ3n) is 5.03. The standard InChI is InChI=1S/C21H20N4O5/c26-10-9-25-11-18(23-24-25)19(20(27)28)22-21(29)30-12-17-15-7-3-1-5-13(15)14-6-2-4-8-16(14)17/h1-8,11,17,19,26H,9-10,12H2,(H,22,29)(H,27,28). The van der Waals surface area contributed by atoms with E-state index < -0.39 is 18.1 Å². The second kappa shape index (κ2) is 8.34. The van der Waals surface area contributed by atoms with Crippen molar-refractivity contribution >= 4 is 12.1 Å². The van der Waals surface area contributed by atoms with Gasteiger partial charge in [0, 0.05) is 5.92 Å². The van der Waals surface area contributed by atoms with Gasteiger partial charge in [-0.2, -0.15) is 0 Å². The highest BCUT2D eigenvalue weighted by molar-refractivity contribution is 5.81. The van der Waals surface area contributed by atoms with Crippen molar-refractivity contribution in [3.8, 4) is 11.1 Å². The van der Waals surface area contributed by atoms with E-state index >= 15 is 0 Å². The summed E-state index contributed by atoms with van der Waals surface area (Å²) in [5.74, 6) is -1.42. The Labute approximate surface area is 171 Å². The highest BCUT2D eigenvalue weighted by atomic mass is 16.5. The van der Waals surface area contributed by atoms with Gasteiger partial charge < -0.3 is 20.3 Å². The van der Waals surface area contributed by atoms with Crippen molar-refractivity contribution in [3.63, 3.8) is 0 Å². The van der Waals surface area contributed by atoms with Gasteiger partial charge >= 0.3 is 12.1 Å². The molecule has 0 saturated carbocycles. The van der Waals surface area contributed by atoms with E-state index in [4.69, 9.17) is 9.84 Å². The zero-order valence-electron chi connectivity index (χ0n) is 15.9. The van der Waals surface area contributed by atoms with Crippen LogP contribution in [-0.4, -0.2) is 50.5 Å². The Morgan fingerprint density at radius 3 is 2.33 bits per heavy atom. The number of amides is 1. The van der Waals surface area contributed by atoms with E-state index in [1.165, 1.54) is 10.9 Å². The summed E-state index contributed by atoms with van der Waals surface area (Å²) in [5, 5.41) is 28.2. The van der Waals surface area contributed by atoms with E-state index in [0.717, 1.165) is 22.3 Å². The maximum atomic E-state index is 12.4. The van der Waals surface area contributed by atoms with Crippen LogP contribution in [0.5, 0.6) is 0 Å². The first-order chi connectivity index (χ1) is 14.6. The first-order valence-corrected chi connectivity index (χ1v) is 9.43. The Morgan fingerprint density at radius 2 is 1.73 bits per heavy atom. The molecule has 1 aliphatic carbocycles. The molecule has 0 aliphatic heterocycles. The maximum Gasteiger partial charge on any atom is 0.408 e. The number of carbonyl (C=O) groups is 2. The Kier molecular flexibility index (Phi) is 5.44. The highest BCUT2D eigenvalue weighted by Gasteiger charge is 2.30. The molecule has 9 heteroatoms. The third-order valence-corrected chi connectivity index (χ3v) is 5.03. The van der Waals surface area contributed by atoms with Crippen LogP contribution in [0.3, 0.4) is 0 Å². The molecule has 1 aromatic heterocycles. The number of carbonyl (C=O) groups excluding carboxylic acids is 1. The van der Waals surface area contributed by atoms with Crippen LogP contribution < -0.4 is 5.32 Å². The van der Waals surface area contributed by atoms with Crippen LogP contribution in [0.4, 0.5) is 4.79 Å². The number of aromatic nitrogens is 3. The van der Waals surface area contributed by atoms with Crippen molar-refractivity contribution < 1.29 is 24.5 Å². The number of carboxylic acids is 1. The molecule has 0 saturated heterocycles. The molecule has 0 fully saturated rings. The summed E-state index contributed by atoms with van der Waals surface area (Å²) < 4.78 is 6.68. The van der Waals surface area contributed by atoms with Crippen molar-refractivity contribution in [1.29, 1.82) is 0 Å². The summed E-state index contributed by atoms with van der Waals surface area (Å²) in [4.78, 5) is 23.9. The van der Waals surface area contributed by atoms with Gasteiger partial charge in [0.1, 0.15) is 12.3 Å². The van der Waals surface area contributed by atoms with E-state index in [2.05, 4.69) is 15.6 Å². The minimum atomic E-state index is -1.41. The number of fused-ring (bicyclic) bond motifs is 3. The number of rotatable bonds is 7. The van der Waals surface area contributed by atoms with Gasteiger partial charge in [-0.15, -0.1) is 5.10 Å². The zero-order chi connectivity index (χ0) is 21.1. The number of aliphatic hydroxyl groups excluding tert-OH is 1. The minimum absolute atomic E-state index is 0.0458. The van der Waals surface area contributed by atoms with Crippen LogP contribution in [0.15, 0.2) is 54.7 Å². The van der Waals surface area contributed by atoms with Crippen LogP contribution in [0.2, 0.25) is 0 Å². The minimum Gasteiger partial charge on any atom is -0.479 e. The quantitative estimate of drug-likeness (QED) is 0.545. The number of alkyl carbamates (subject to hydrolysis) is 1. The van der Waals surface area contributed by atoms with Gasteiger partial charge in [0.2, 0.25) is 0 Å². The van der Waals surface area contributed by atoms with Crippen molar-refractivity contribution in [3.05, 3.63) is 71.5 Å². The molecule has 4 rings (SSSR count). The van der Waals surface area contributed by atoms with Crippen LogP contribution in [0, 0.1) is 0 Å². The summed E-state index contributed by atoms with van der Waals surface area (Å²) in [7, 11) is 0. The van der Waals surface area contributed by atoms with E-state index in [0.29, 0.717) is 0 Å². The lowest BCUT2D eigenvalue weighted by Crippen LogP contribution is -2.35. The van der Waals surface area contributed by atoms with Crippen LogP contribution >= 0.6 is 0 Å². The van der Waals surface area contributed by atoms with Gasteiger partial charge in [0.15, 0.2) is 6.04 Å². The van der Waals surface area contributed by atoms with Crippen molar-refractivity contribution in [2.45, 2.75) is 18.5 Å². The lowest BCUT2D eigenvalue weighted by molar-refractivity contribution is -0.139. The fraction of sp³-hybridized carbons (Fsp3) is 0.238. The molecule has 1 amide bonds. The maximum absolute atomic E-state index is 12.4. The van der Waals surface area contributed by atoms with Gasteiger partial charge in [-0.05, 0) is 22.3 Å². The lowest BCUT2D eigenvalue weighted by atomic mass is 9.98. The molecule has 1 heterocycles. The van der Waals surface area contributed by atoms with Gasteiger partial charge in [-0.3, -0.25) is 0 Å². The molecular formula is C21H20N4O5. The van der Waals surface area contributed by atoms with E-state index in [1.54, 1.807) is 0 Å². The highest BCUT2D eigenvalue weighted by Crippen LogP contribution is 2.44. The monoisotopic (exact) mass is 408 g/mol. The number of aliphatic hydroxyl groups is 1. The molecule has 154 valence electrons. The number of nitrogens with one attached hydrogen (secondary N) is 1. The number of benzene rings is 2. The average Bonchev–Trinajstić information content (AvgIpc) is 3.33. The molecule has 1 aliphatic rings. The molecule has 0 radical (unpaired) electrons. The van der Waals surface area contributed by atoms with Crippen LogP contribution in [0.25, 0.3) is 11.1 Å². The number of carboxylic acid groups (broad SMARTS) is 1. The number of hydrogen-bond donors (Lipinski definition) is 3. The number of aliphatic carboxylic acids is 1. The Balaban J connectivity index is 1.46. The van der Waals surface area contributed by atoms with Crippen molar-refractivity contribution in [2.24, 2.45) is 0 Å². The average molecular weight is 408 g/mol. The Bertz CT molecular complexity index is 1040. The molecule has 9 nitrogen and oxygen atoms in total. The number of nitrogens with zero attached hydrogens (tertiary/aromatic N) is 3. The molecule has 1 unspecified atom stereocenters. The molecule has 2 aromatic carbocycles. The molecule has 0 bridgehead atoms. The largest absolute Gasteiger partial charge is 0.479 e. The fourth-order valence-corrected chi connectivity index (χ4v) is 3.68. The first-order valence-electron chi connectivity index (χ1n) is 9.43. The van der Waals surface area contributed by atoms with E-state index in [-0.39, 0.29) is 31.4 Å². The lowest BCUT2D eigenvalue weighted by Gasteiger charge is -2.16. The van der Waals surface area contributed by atoms with Crippen molar-refractivity contribution in [1.82, 2.24) is 20.3 Å². The Hall–Kier alpha value is -3.72. The van der Waals surface area contributed by atoms with Crippen LogP contribution in [-0.2, 0) is 16.1 Å². The van der Waals surface area contributed by atoms with Crippen LogP contribution in [0.1, 0.15) is 28.8 Å². The zero-order valence-corrected chi connectivity index (χ0v) is 15.9. The summed E-state index contributed by atoms with van der Waals surface area (Å²) >= 11 is 0. The number of hydrogen-bond acceptors (Lipinski definition) is 6. The molecule has 3 aromatic rings. The predicted molar refractivity (Wildman–Crippen MR) is 106 cm³/mol. The number of ether oxygens (including phenoxy) is 1. The normalized spacial score (nSPS) is 13.4. The molecule has 30 heavy (non-hydrogen) atoms. The second-order valence-corrected chi connectivity index (χ2v) is 6.87. The fourth-order valence-electron chi connectivity index (χ4n) is 3.68. The molecule has 1 atom stereocenters. The SMILES string of the molecule is O=C(NC(C(=O)O)c1cn(CCO)nn1)OCC1c2ccccc2-c2ccccc21. The Morgan fingerprint density at radius 1 is 1.10 bits per heavy atom.